The van der Waals surface area contributed by atoms with Crippen molar-refractivity contribution in [1.29, 1.82) is 0 Å². The molecule has 1 heterocycles. The van der Waals surface area contributed by atoms with Crippen LogP contribution in [0.4, 0.5) is 0 Å². The van der Waals surface area contributed by atoms with Crippen LogP contribution in [0.15, 0.2) is 0 Å². The van der Waals surface area contributed by atoms with Crippen LogP contribution in [0, 0.1) is 5.41 Å². The number of carbonyl (C=O) groups excluding carboxylic acids is 1. The lowest BCUT2D eigenvalue weighted by molar-refractivity contribution is -0.210. The minimum absolute atomic E-state index is 0.0474. The predicted octanol–water partition coefficient (Wildman–Crippen LogP) is 0.637. The normalized spacial score (nSPS) is 37.5. The molecule has 1 N–H and O–H groups in total. The predicted molar refractivity (Wildman–Crippen MR) is 73.0 cm³/mol. The first-order chi connectivity index (χ1) is 8.83. The number of nitrogens with zero attached hydrogens (tertiary/aromatic N) is 1. The molecule has 3 unspecified atom stereocenters. The molecule has 1 saturated carbocycles. The van der Waals surface area contributed by atoms with Crippen LogP contribution in [-0.2, 0) is 14.3 Å². The fraction of sp³-hybridized carbons (Fsp3) is 0.929. The molecule has 110 valence electrons. The molecule has 3 atom stereocenters. The van der Waals surface area contributed by atoms with Crippen LogP contribution in [0.5, 0.6) is 0 Å². The topological polar surface area (TPSA) is 50.8 Å². The maximum absolute atomic E-state index is 12.4. The Balaban J connectivity index is 2.01. The van der Waals surface area contributed by atoms with Crippen molar-refractivity contribution in [1.82, 2.24) is 10.2 Å². The lowest BCUT2D eigenvalue weighted by atomic mass is 9.55. The molecule has 1 saturated heterocycles. The summed E-state index contributed by atoms with van der Waals surface area (Å²) in [7, 11) is 3.62. The van der Waals surface area contributed by atoms with Crippen molar-refractivity contribution in [2.45, 2.75) is 44.9 Å². The van der Waals surface area contributed by atoms with Gasteiger partial charge in [0.05, 0.1) is 12.2 Å². The number of ether oxygens (including phenoxy) is 2. The minimum Gasteiger partial charge on any atom is -0.378 e. The zero-order chi connectivity index (χ0) is 14.3. The zero-order valence-corrected chi connectivity index (χ0v) is 12.7. The number of carbonyl (C=O) groups is 1. The van der Waals surface area contributed by atoms with Crippen molar-refractivity contribution in [2.75, 3.05) is 33.9 Å². The second-order valence-electron chi connectivity index (χ2n) is 6.39. The average molecular weight is 270 g/mol. The van der Waals surface area contributed by atoms with Gasteiger partial charge in [-0.1, -0.05) is 13.8 Å². The molecule has 1 aliphatic carbocycles. The quantitative estimate of drug-likeness (QED) is 0.817. The van der Waals surface area contributed by atoms with Crippen molar-refractivity contribution in [3.8, 4) is 0 Å². The third-order valence-corrected chi connectivity index (χ3v) is 5.25. The Morgan fingerprint density at radius 1 is 1.42 bits per heavy atom. The SMILES string of the molecule is COC1(C)CC(N(C)C(=O)C2CNCCO2)C1(C)C. The maximum Gasteiger partial charge on any atom is 0.253 e. The van der Waals surface area contributed by atoms with E-state index in [2.05, 4.69) is 26.1 Å². The maximum atomic E-state index is 12.4. The van der Waals surface area contributed by atoms with Crippen LogP contribution >= 0.6 is 0 Å². The Morgan fingerprint density at radius 2 is 2.11 bits per heavy atom. The van der Waals surface area contributed by atoms with E-state index in [1.54, 1.807) is 7.11 Å². The molecule has 0 aromatic rings. The average Bonchev–Trinajstić information content (AvgIpc) is 2.43. The lowest BCUT2D eigenvalue weighted by Gasteiger charge is -2.61. The fourth-order valence-corrected chi connectivity index (χ4v) is 3.18. The molecule has 1 aliphatic heterocycles. The van der Waals surface area contributed by atoms with Gasteiger partial charge in [0, 0.05) is 38.7 Å². The van der Waals surface area contributed by atoms with E-state index < -0.39 is 0 Å². The highest BCUT2D eigenvalue weighted by atomic mass is 16.5. The van der Waals surface area contributed by atoms with Gasteiger partial charge in [0.15, 0.2) is 0 Å². The second-order valence-corrected chi connectivity index (χ2v) is 6.39. The summed E-state index contributed by atoms with van der Waals surface area (Å²) in [5.74, 6) is 0.0726. The van der Waals surface area contributed by atoms with E-state index in [1.165, 1.54) is 0 Å². The molecule has 0 bridgehead atoms. The van der Waals surface area contributed by atoms with Crippen molar-refractivity contribution >= 4 is 5.91 Å². The fourth-order valence-electron chi connectivity index (χ4n) is 3.18. The van der Waals surface area contributed by atoms with Crippen molar-refractivity contribution < 1.29 is 14.3 Å². The van der Waals surface area contributed by atoms with E-state index in [-0.39, 0.29) is 29.1 Å². The zero-order valence-electron chi connectivity index (χ0n) is 12.7. The molecular formula is C14H26N2O3. The largest absolute Gasteiger partial charge is 0.378 e. The van der Waals surface area contributed by atoms with Gasteiger partial charge in [0.25, 0.3) is 5.91 Å². The Bertz CT molecular complexity index is 353. The highest BCUT2D eigenvalue weighted by Gasteiger charge is 2.60. The first kappa shape index (κ1) is 14.8. The second kappa shape index (κ2) is 5.04. The summed E-state index contributed by atoms with van der Waals surface area (Å²) in [6, 6.07) is 0.204. The van der Waals surface area contributed by atoms with E-state index in [1.807, 2.05) is 11.9 Å². The van der Waals surface area contributed by atoms with E-state index in [0.29, 0.717) is 13.2 Å². The van der Waals surface area contributed by atoms with Crippen LogP contribution in [0.2, 0.25) is 0 Å². The first-order valence-corrected chi connectivity index (χ1v) is 6.97. The van der Waals surface area contributed by atoms with Gasteiger partial charge in [-0.3, -0.25) is 4.79 Å². The number of amides is 1. The third kappa shape index (κ3) is 2.28. The molecule has 0 aromatic carbocycles. The van der Waals surface area contributed by atoms with E-state index in [0.717, 1.165) is 13.0 Å². The third-order valence-electron chi connectivity index (χ3n) is 5.25. The minimum atomic E-state index is -0.344. The first-order valence-electron chi connectivity index (χ1n) is 6.97. The summed E-state index contributed by atoms with van der Waals surface area (Å²) in [5.41, 5.74) is -0.202. The summed E-state index contributed by atoms with van der Waals surface area (Å²) in [6.45, 7) is 8.47. The number of hydrogen-bond donors (Lipinski definition) is 1. The van der Waals surface area contributed by atoms with Crippen molar-refractivity contribution in [3.63, 3.8) is 0 Å². The molecular weight excluding hydrogens is 244 g/mol. The Hall–Kier alpha value is -0.650. The summed E-state index contributed by atoms with van der Waals surface area (Å²) in [6.07, 6.45) is 0.530. The molecule has 19 heavy (non-hydrogen) atoms. The highest BCUT2D eigenvalue weighted by Crippen LogP contribution is 2.53. The Labute approximate surface area is 115 Å². The number of morpholine rings is 1. The van der Waals surface area contributed by atoms with E-state index in [4.69, 9.17) is 9.47 Å². The smallest absolute Gasteiger partial charge is 0.253 e. The van der Waals surface area contributed by atoms with E-state index in [9.17, 15) is 4.79 Å². The number of hydrogen-bond acceptors (Lipinski definition) is 4. The van der Waals surface area contributed by atoms with Crippen LogP contribution < -0.4 is 5.32 Å². The van der Waals surface area contributed by atoms with Crippen LogP contribution in [0.3, 0.4) is 0 Å². The highest BCUT2D eigenvalue weighted by molar-refractivity contribution is 5.81. The summed E-state index contributed by atoms with van der Waals surface area (Å²) in [5, 5.41) is 3.20. The Kier molecular flexibility index (Phi) is 3.91. The van der Waals surface area contributed by atoms with Gasteiger partial charge >= 0.3 is 0 Å². The van der Waals surface area contributed by atoms with Gasteiger partial charge in [-0.05, 0) is 13.3 Å². The molecule has 2 fully saturated rings. The number of methoxy groups -OCH3 is 1. The number of rotatable bonds is 3. The lowest BCUT2D eigenvalue weighted by Crippen LogP contribution is -2.69. The van der Waals surface area contributed by atoms with Gasteiger partial charge in [0.1, 0.15) is 6.10 Å². The summed E-state index contributed by atoms with van der Waals surface area (Å²) < 4.78 is 11.2. The van der Waals surface area contributed by atoms with Crippen molar-refractivity contribution in [2.24, 2.45) is 5.41 Å². The van der Waals surface area contributed by atoms with Gasteiger partial charge < -0.3 is 19.7 Å². The molecule has 5 nitrogen and oxygen atoms in total. The summed E-state index contributed by atoms with van der Waals surface area (Å²) >= 11 is 0. The molecule has 1 amide bonds. The van der Waals surface area contributed by atoms with Gasteiger partial charge in [0.2, 0.25) is 0 Å². The molecule has 0 spiro atoms. The molecule has 0 aromatic heterocycles. The standard InChI is InChI=1S/C14H26N2O3/c1-13(2)11(8-14(13,3)18-5)16(4)12(17)10-9-15-6-7-19-10/h10-11,15H,6-9H2,1-5H3. The number of likely N-dealkylation sites (N-methyl/N-ethyl adjacent to an activating group) is 1. The summed E-state index contributed by atoms with van der Waals surface area (Å²) in [4.78, 5) is 14.3. The van der Waals surface area contributed by atoms with Crippen molar-refractivity contribution in [3.05, 3.63) is 0 Å². The van der Waals surface area contributed by atoms with Crippen LogP contribution in [0.1, 0.15) is 27.2 Å². The van der Waals surface area contributed by atoms with E-state index >= 15 is 0 Å². The van der Waals surface area contributed by atoms with Gasteiger partial charge in [-0.2, -0.15) is 0 Å². The Morgan fingerprint density at radius 3 is 2.58 bits per heavy atom. The molecule has 5 heteroatoms. The number of nitrogens with one attached hydrogen (secondary N) is 1. The van der Waals surface area contributed by atoms with Crippen LogP contribution in [0.25, 0.3) is 0 Å². The van der Waals surface area contributed by atoms with Gasteiger partial charge in [-0.15, -0.1) is 0 Å². The molecule has 0 radical (unpaired) electrons. The monoisotopic (exact) mass is 270 g/mol. The van der Waals surface area contributed by atoms with Gasteiger partial charge in [-0.25, -0.2) is 0 Å². The van der Waals surface area contributed by atoms with Crippen LogP contribution in [-0.4, -0.2) is 62.4 Å². The molecule has 2 rings (SSSR count). The molecule has 2 aliphatic rings.